The first-order valence-electron chi connectivity index (χ1n) is 5.76. The Bertz CT molecular complexity index is 271. The largest absolute Gasteiger partial charge is 0.351 e. The minimum atomic E-state index is -0.135. The van der Waals surface area contributed by atoms with Crippen LogP contribution in [-0.2, 0) is 9.59 Å². The van der Waals surface area contributed by atoms with Crippen molar-refractivity contribution >= 4 is 27.7 Å². The molecule has 92 valence electrons. The fourth-order valence-corrected chi connectivity index (χ4v) is 1.92. The summed E-state index contributed by atoms with van der Waals surface area (Å²) in [4.78, 5) is 24.7. The molecule has 0 aromatic carbocycles. The van der Waals surface area contributed by atoms with Gasteiger partial charge in [-0.25, -0.2) is 0 Å². The van der Waals surface area contributed by atoms with Crippen LogP contribution in [0.5, 0.6) is 0 Å². The van der Waals surface area contributed by atoms with E-state index in [-0.39, 0.29) is 22.7 Å². The Hall–Kier alpha value is -0.580. The molecule has 1 N–H and O–H groups in total. The molecule has 2 atom stereocenters. The second-order valence-corrected chi connectivity index (χ2v) is 5.33. The van der Waals surface area contributed by atoms with Crippen molar-refractivity contribution in [3.8, 4) is 0 Å². The Kier molecular flexibility index (Phi) is 5.25. The van der Waals surface area contributed by atoms with Gasteiger partial charge in [-0.05, 0) is 19.8 Å². The van der Waals surface area contributed by atoms with Crippen LogP contribution in [0.2, 0.25) is 0 Å². The number of carbonyl (C=O) groups is 2. The summed E-state index contributed by atoms with van der Waals surface area (Å²) >= 11 is 3.30. The lowest BCUT2D eigenvalue weighted by molar-refractivity contribution is -0.129. The van der Waals surface area contributed by atoms with Crippen molar-refractivity contribution in [3.05, 3.63) is 0 Å². The average molecular weight is 291 g/mol. The van der Waals surface area contributed by atoms with Crippen molar-refractivity contribution in [2.75, 3.05) is 13.1 Å². The number of carbonyl (C=O) groups excluding carboxylic acids is 2. The van der Waals surface area contributed by atoms with E-state index in [4.69, 9.17) is 0 Å². The molecule has 0 aliphatic carbocycles. The lowest BCUT2D eigenvalue weighted by Gasteiger charge is -2.22. The molecule has 1 heterocycles. The molecule has 0 aromatic rings. The van der Waals surface area contributed by atoms with Crippen LogP contribution in [0.15, 0.2) is 0 Å². The van der Waals surface area contributed by atoms with Gasteiger partial charge in [0.15, 0.2) is 0 Å². The molecule has 1 aliphatic heterocycles. The summed E-state index contributed by atoms with van der Waals surface area (Å²) in [7, 11) is 0. The second kappa shape index (κ2) is 6.23. The third-order valence-corrected chi connectivity index (χ3v) is 3.76. The summed E-state index contributed by atoms with van der Waals surface area (Å²) in [6.45, 7) is 5.32. The Morgan fingerprint density at radius 1 is 1.62 bits per heavy atom. The molecule has 1 saturated heterocycles. The van der Waals surface area contributed by atoms with Crippen molar-refractivity contribution in [3.63, 3.8) is 0 Å². The van der Waals surface area contributed by atoms with Crippen molar-refractivity contribution in [1.29, 1.82) is 0 Å². The smallest absolute Gasteiger partial charge is 0.234 e. The minimum absolute atomic E-state index is 0.00152. The maximum Gasteiger partial charge on any atom is 0.234 e. The molecule has 2 amide bonds. The van der Waals surface area contributed by atoms with E-state index < -0.39 is 0 Å². The summed E-state index contributed by atoms with van der Waals surface area (Å²) < 4.78 is 0. The standard InChI is InChI=1S/C11H19BrN2O2/c1-3-9(12)11(16)13-8(2)7-14-6-4-5-10(14)15/h8-9H,3-7H2,1-2H3,(H,13,16). The van der Waals surface area contributed by atoms with Gasteiger partial charge in [-0.15, -0.1) is 0 Å². The van der Waals surface area contributed by atoms with Crippen LogP contribution in [0.25, 0.3) is 0 Å². The van der Waals surface area contributed by atoms with E-state index in [0.29, 0.717) is 13.0 Å². The van der Waals surface area contributed by atoms with Gasteiger partial charge in [0.1, 0.15) is 0 Å². The molecule has 1 fully saturated rings. The second-order valence-electron chi connectivity index (χ2n) is 4.23. The van der Waals surface area contributed by atoms with Gasteiger partial charge in [0.2, 0.25) is 11.8 Å². The van der Waals surface area contributed by atoms with Crippen molar-refractivity contribution in [2.45, 2.75) is 44.0 Å². The molecule has 0 aromatic heterocycles. The van der Waals surface area contributed by atoms with Crippen molar-refractivity contribution in [2.24, 2.45) is 0 Å². The van der Waals surface area contributed by atoms with E-state index in [1.165, 1.54) is 0 Å². The Balaban J connectivity index is 2.32. The molecule has 16 heavy (non-hydrogen) atoms. The molecule has 1 rings (SSSR count). The molecule has 0 spiro atoms. The number of hydrogen-bond donors (Lipinski definition) is 1. The topological polar surface area (TPSA) is 49.4 Å². The third kappa shape index (κ3) is 3.77. The third-order valence-electron chi connectivity index (χ3n) is 2.70. The highest BCUT2D eigenvalue weighted by molar-refractivity contribution is 9.10. The van der Waals surface area contributed by atoms with Crippen LogP contribution in [0.4, 0.5) is 0 Å². The van der Waals surface area contributed by atoms with Crippen LogP contribution in [0, 0.1) is 0 Å². The fraction of sp³-hybridized carbons (Fsp3) is 0.818. The Morgan fingerprint density at radius 3 is 2.81 bits per heavy atom. The van der Waals surface area contributed by atoms with E-state index in [2.05, 4.69) is 21.2 Å². The lowest BCUT2D eigenvalue weighted by atomic mass is 10.2. The number of rotatable bonds is 5. The molecule has 2 unspecified atom stereocenters. The normalized spacial score (nSPS) is 19.7. The van der Waals surface area contributed by atoms with Crippen molar-refractivity contribution in [1.82, 2.24) is 10.2 Å². The lowest BCUT2D eigenvalue weighted by Crippen LogP contribution is -2.44. The van der Waals surface area contributed by atoms with Crippen LogP contribution in [0.3, 0.4) is 0 Å². The van der Waals surface area contributed by atoms with Gasteiger partial charge in [0.05, 0.1) is 4.83 Å². The van der Waals surface area contributed by atoms with Gasteiger partial charge < -0.3 is 10.2 Å². The number of hydrogen-bond acceptors (Lipinski definition) is 2. The number of nitrogens with zero attached hydrogens (tertiary/aromatic N) is 1. The molecular formula is C11H19BrN2O2. The average Bonchev–Trinajstić information content (AvgIpc) is 2.63. The summed E-state index contributed by atoms with van der Waals surface area (Å²) in [6.07, 6.45) is 2.35. The first-order valence-corrected chi connectivity index (χ1v) is 6.68. The van der Waals surface area contributed by atoms with Gasteiger partial charge in [-0.1, -0.05) is 22.9 Å². The number of amides is 2. The molecular weight excluding hydrogens is 272 g/mol. The van der Waals surface area contributed by atoms with Crippen LogP contribution < -0.4 is 5.32 Å². The van der Waals surface area contributed by atoms with E-state index in [1.807, 2.05) is 18.7 Å². The summed E-state index contributed by atoms with van der Waals surface area (Å²) in [5.41, 5.74) is 0. The highest BCUT2D eigenvalue weighted by Gasteiger charge is 2.23. The fourth-order valence-electron chi connectivity index (χ4n) is 1.79. The Morgan fingerprint density at radius 2 is 2.31 bits per heavy atom. The predicted molar refractivity (Wildman–Crippen MR) is 66.4 cm³/mol. The molecule has 0 saturated carbocycles. The summed E-state index contributed by atoms with van der Waals surface area (Å²) in [5, 5.41) is 2.90. The minimum Gasteiger partial charge on any atom is -0.351 e. The summed E-state index contributed by atoms with van der Waals surface area (Å²) in [6, 6.07) is 0.0150. The van der Waals surface area contributed by atoms with Crippen LogP contribution >= 0.6 is 15.9 Å². The highest BCUT2D eigenvalue weighted by Crippen LogP contribution is 2.10. The highest BCUT2D eigenvalue weighted by atomic mass is 79.9. The molecule has 5 heteroatoms. The maximum absolute atomic E-state index is 11.6. The zero-order valence-corrected chi connectivity index (χ0v) is 11.4. The molecule has 4 nitrogen and oxygen atoms in total. The van der Waals surface area contributed by atoms with Gasteiger partial charge >= 0.3 is 0 Å². The number of nitrogens with one attached hydrogen (secondary N) is 1. The quantitative estimate of drug-likeness (QED) is 0.776. The predicted octanol–water partition coefficient (Wildman–Crippen LogP) is 1.29. The molecule has 0 radical (unpaired) electrons. The van der Waals surface area contributed by atoms with Gasteiger partial charge in [-0.2, -0.15) is 0 Å². The molecule has 0 bridgehead atoms. The van der Waals surface area contributed by atoms with Gasteiger partial charge in [-0.3, -0.25) is 9.59 Å². The van der Waals surface area contributed by atoms with Crippen molar-refractivity contribution < 1.29 is 9.59 Å². The summed E-state index contributed by atoms with van der Waals surface area (Å²) in [5.74, 6) is 0.202. The van der Waals surface area contributed by atoms with E-state index in [1.54, 1.807) is 0 Å². The van der Waals surface area contributed by atoms with E-state index >= 15 is 0 Å². The van der Waals surface area contributed by atoms with Crippen LogP contribution in [0.1, 0.15) is 33.1 Å². The first kappa shape index (κ1) is 13.5. The number of halogens is 1. The number of alkyl halides is 1. The van der Waals surface area contributed by atoms with Gasteiger partial charge in [0, 0.05) is 25.6 Å². The first-order chi connectivity index (χ1) is 7.54. The Labute approximate surface area is 105 Å². The molecule has 1 aliphatic rings. The zero-order valence-electron chi connectivity index (χ0n) is 9.83. The van der Waals surface area contributed by atoms with E-state index in [9.17, 15) is 9.59 Å². The zero-order chi connectivity index (χ0) is 12.1. The monoisotopic (exact) mass is 290 g/mol. The number of likely N-dealkylation sites (tertiary alicyclic amines) is 1. The van der Waals surface area contributed by atoms with Gasteiger partial charge in [0.25, 0.3) is 0 Å². The SMILES string of the molecule is CCC(Br)C(=O)NC(C)CN1CCCC1=O. The maximum atomic E-state index is 11.6. The van der Waals surface area contributed by atoms with E-state index in [0.717, 1.165) is 19.4 Å². The van der Waals surface area contributed by atoms with Crippen LogP contribution in [-0.4, -0.2) is 40.7 Å².